The number of carbonyl (C=O) groups is 2. The number of carbonyl (C=O) groups excluding carboxylic acids is 2. The van der Waals surface area contributed by atoms with Crippen molar-refractivity contribution in [2.45, 2.75) is 25.3 Å². The summed E-state index contributed by atoms with van der Waals surface area (Å²) < 4.78 is 12.9. The van der Waals surface area contributed by atoms with E-state index < -0.39 is 11.7 Å². The van der Waals surface area contributed by atoms with Gasteiger partial charge in [0, 0.05) is 25.6 Å². The largest absolute Gasteiger partial charge is 0.395 e. The minimum atomic E-state index is -0.513. The molecule has 1 aromatic rings. The summed E-state index contributed by atoms with van der Waals surface area (Å²) in [6.07, 6.45) is 2.08. The van der Waals surface area contributed by atoms with Gasteiger partial charge in [0.2, 0.25) is 5.91 Å². The smallest absolute Gasteiger partial charge is 0.252 e. The lowest BCUT2D eigenvalue weighted by atomic mass is 10.2. The molecule has 0 heterocycles. The van der Waals surface area contributed by atoms with Crippen molar-refractivity contribution in [3.63, 3.8) is 0 Å². The third kappa shape index (κ3) is 4.42. The Labute approximate surface area is 133 Å². The first kappa shape index (κ1) is 16.7. The summed E-state index contributed by atoms with van der Waals surface area (Å²) in [6, 6.07) is 3.75. The first-order valence-electron chi connectivity index (χ1n) is 7.16. The number of nitrogens with one attached hydrogen (secondary N) is 1. The molecule has 1 aromatic carbocycles. The number of amides is 2. The number of benzene rings is 1. The Hall–Kier alpha value is -1.66. The molecule has 2 rings (SSSR count). The van der Waals surface area contributed by atoms with Crippen molar-refractivity contribution < 1.29 is 19.1 Å². The molecule has 1 aliphatic rings. The molecule has 0 spiro atoms. The predicted molar refractivity (Wildman–Crippen MR) is 80.2 cm³/mol. The molecule has 1 fully saturated rings. The molecule has 0 aromatic heterocycles. The van der Waals surface area contributed by atoms with Crippen molar-refractivity contribution in [1.29, 1.82) is 0 Å². The summed E-state index contributed by atoms with van der Waals surface area (Å²) in [5.74, 6) is -1.05. The van der Waals surface area contributed by atoms with E-state index in [1.54, 1.807) is 4.90 Å². The van der Waals surface area contributed by atoms with Crippen LogP contribution in [0.25, 0.3) is 0 Å². The molecule has 0 unspecified atom stereocenters. The van der Waals surface area contributed by atoms with E-state index >= 15 is 0 Å². The van der Waals surface area contributed by atoms with E-state index in [2.05, 4.69) is 5.32 Å². The molecule has 1 saturated carbocycles. The second-order valence-corrected chi connectivity index (χ2v) is 5.58. The topological polar surface area (TPSA) is 69.6 Å². The maximum Gasteiger partial charge on any atom is 0.252 e. The van der Waals surface area contributed by atoms with Gasteiger partial charge in [0.25, 0.3) is 5.91 Å². The van der Waals surface area contributed by atoms with Gasteiger partial charge >= 0.3 is 0 Å². The van der Waals surface area contributed by atoms with E-state index in [0.29, 0.717) is 6.54 Å². The molecule has 0 atom stereocenters. The Balaban J connectivity index is 1.82. The van der Waals surface area contributed by atoms with Crippen LogP contribution < -0.4 is 5.32 Å². The molecule has 22 heavy (non-hydrogen) atoms. The number of rotatable bonds is 7. The Morgan fingerprint density at radius 3 is 2.73 bits per heavy atom. The van der Waals surface area contributed by atoms with Crippen molar-refractivity contribution >= 4 is 23.4 Å². The van der Waals surface area contributed by atoms with Crippen molar-refractivity contribution in [2.75, 3.05) is 19.7 Å². The summed E-state index contributed by atoms with van der Waals surface area (Å²) in [4.78, 5) is 25.6. The van der Waals surface area contributed by atoms with E-state index in [1.165, 1.54) is 6.07 Å². The second-order valence-electron chi connectivity index (χ2n) is 5.17. The molecule has 1 aliphatic carbocycles. The van der Waals surface area contributed by atoms with Crippen molar-refractivity contribution in [1.82, 2.24) is 10.2 Å². The lowest BCUT2D eigenvalue weighted by Gasteiger charge is -2.21. The van der Waals surface area contributed by atoms with Gasteiger partial charge in [-0.25, -0.2) is 4.39 Å². The molecule has 0 bridgehead atoms. The quantitative estimate of drug-likeness (QED) is 0.798. The fourth-order valence-electron chi connectivity index (χ4n) is 2.20. The number of halogens is 2. The molecule has 0 saturated heterocycles. The number of hydrogen-bond acceptors (Lipinski definition) is 3. The standard InChI is InChI=1S/C15H18ClFN2O3/c16-13-9-10(17)1-4-12(13)15(22)18-6-5-14(21)19(7-8-20)11-2-3-11/h1,4,9,11,20H,2-3,5-8H2,(H,18,22). The highest BCUT2D eigenvalue weighted by atomic mass is 35.5. The van der Waals surface area contributed by atoms with Gasteiger partial charge in [0.1, 0.15) is 5.82 Å². The monoisotopic (exact) mass is 328 g/mol. The van der Waals surface area contributed by atoms with Gasteiger partial charge in [-0.05, 0) is 31.0 Å². The van der Waals surface area contributed by atoms with E-state index in [-0.39, 0.29) is 42.1 Å². The summed E-state index contributed by atoms with van der Waals surface area (Å²) in [6.45, 7) is 0.418. The van der Waals surface area contributed by atoms with Gasteiger partial charge in [-0.3, -0.25) is 9.59 Å². The molecule has 120 valence electrons. The highest BCUT2D eigenvalue weighted by molar-refractivity contribution is 6.33. The van der Waals surface area contributed by atoms with Gasteiger partial charge in [0.15, 0.2) is 0 Å². The van der Waals surface area contributed by atoms with Crippen LogP contribution in [-0.4, -0.2) is 47.6 Å². The van der Waals surface area contributed by atoms with E-state index in [9.17, 15) is 14.0 Å². The van der Waals surface area contributed by atoms with Gasteiger partial charge in [-0.1, -0.05) is 11.6 Å². The first-order chi connectivity index (χ1) is 10.5. The molecule has 2 N–H and O–H groups in total. The zero-order valence-corrected chi connectivity index (χ0v) is 12.8. The van der Waals surface area contributed by atoms with Crippen LogP contribution in [0.1, 0.15) is 29.6 Å². The number of hydrogen-bond donors (Lipinski definition) is 2. The Kier molecular flexibility index (Phi) is 5.74. The SMILES string of the molecule is O=C(NCCC(=O)N(CCO)C1CC1)c1ccc(F)cc1Cl. The van der Waals surface area contributed by atoms with E-state index in [0.717, 1.165) is 25.0 Å². The van der Waals surface area contributed by atoms with Crippen LogP contribution >= 0.6 is 11.6 Å². The summed E-state index contributed by atoms with van der Waals surface area (Å²) >= 11 is 5.80. The second kappa shape index (κ2) is 7.56. The minimum absolute atomic E-state index is 0.0312. The normalized spacial score (nSPS) is 13.8. The van der Waals surface area contributed by atoms with E-state index in [1.807, 2.05) is 0 Å². The third-order valence-electron chi connectivity index (χ3n) is 3.45. The van der Waals surface area contributed by atoms with Gasteiger partial charge in [-0.2, -0.15) is 0 Å². The molecule has 0 aliphatic heterocycles. The predicted octanol–water partition coefficient (Wildman–Crippen LogP) is 1.58. The fourth-order valence-corrected chi connectivity index (χ4v) is 2.45. The first-order valence-corrected chi connectivity index (χ1v) is 7.54. The van der Waals surface area contributed by atoms with Crippen LogP contribution in [0.3, 0.4) is 0 Å². The number of aliphatic hydroxyl groups is 1. The minimum Gasteiger partial charge on any atom is -0.395 e. The zero-order valence-electron chi connectivity index (χ0n) is 12.0. The molecule has 7 heteroatoms. The van der Waals surface area contributed by atoms with E-state index in [4.69, 9.17) is 16.7 Å². The lowest BCUT2D eigenvalue weighted by Crippen LogP contribution is -2.37. The molecule has 5 nitrogen and oxygen atoms in total. The van der Waals surface area contributed by atoms with Crippen LogP contribution in [0.4, 0.5) is 4.39 Å². The van der Waals surface area contributed by atoms with Gasteiger partial charge in [0.05, 0.1) is 17.2 Å². The Bertz CT molecular complexity index is 564. The number of aliphatic hydroxyl groups excluding tert-OH is 1. The summed E-state index contributed by atoms with van der Waals surface area (Å²) in [5.41, 5.74) is 0.171. The van der Waals surface area contributed by atoms with Crippen LogP contribution in [0, 0.1) is 5.82 Å². The van der Waals surface area contributed by atoms with Crippen LogP contribution in [-0.2, 0) is 4.79 Å². The Morgan fingerprint density at radius 1 is 1.41 bits per heavy atom. The van der Waals surface area contributed by atoms with Gasteiger partial charge in [-0.15, -0.1) is 0 Å². The zero-order chi connectivity index (χ0) is 16.1. The molecular weight excluding hydrogens is 311 g/mol. The van der Waals surface area contributed by atoms with Crippen molar-refractivity contribution in [3.8, 4) is 0 Å². The van der Waals surface area contributed by atoms with Gasteiger partial charge < -0.3 is 15.3 Å². The highest BCUT2D eigenvalue weighted by Gasteiger charge is 2.31. The molecular formula is C15H18ClFN2O3. The average molecular weight is 329 g/mol. The number of nitrogens with zero attached hydrogens (tertiary/aromatic N) is 1. The Morgan fingerprint density at radius 2 is 2.14 bits per heavy atom. The lowest BCUT2D eigenvalue weighted by molar-refractivity contribution is -0.132. The maximum atomic E-state index is 12.9. The fraction of sp³-hybridized carbons (Fsp3) is 0.467. The van der Waals surface area contributed by atoms with Crippen LogP contribution in [0.5, 0.6) is 0 Å². The maximum absolute atomic E-state index is 12.9. The third-order valence-corrected chi connectivity index (χ3v) is 3.76. The highest BCUT2D eigenvalue weighted by Crippen LogP contribution is 2.26. The molecule has 2 amide bonds. The summed E-state index contributed by atoms with van der Waals surface area (Å²) in [5, 5.41) is 11.6. The van der Waals surface area contributed by atoms with Crippen molar-refractivity contribution in [2.24, 2.45) is 0 Å². The average Bonchev–Trinajstić information content (AvgIpc) is 3.28. The molecule has 0 radical (unpaired) electrons. The van der Waals surface area contributed by atoms with Crippen LogP contribution in [0.15, 0.2) is 18.2 Å². The van der Waals surface area contributed by atoms with Crippen molar-refractivity contribution in [3.05, 3.63) is 34.6 Å². The van der Waals surface area contributed by atoms with Crippen LogP contribution in [0.2, 0.25) is 5.02 Å². The summed E-state index contributed by atoms with van der Waals surface area (Å²) in [7, 11) is 0.